The van der Waals surface area contributed by atoms with E-state index in [1.165, 1.54) is 12.7 Å². The molecule has 0 saturated carbocycles. The Morgan fingerprint density at radius 1 is 0.769 bits per heavy atom. The van der Waals surface area contributed by atoms with Crippen molar-refractivity contribution in [1.82, 2.24) is 0 Å². The summed E-state index contributed by atoms with van der Waals surface area (Å²) in [6.07, 6.45) is 0. The molecule has 2 aromatic rings. The molecule has 0 bridgehead atoms. The van der Waals surface area contributed by atoms with Gasteiger partial charge in [0.05, 0.1) is 18.4 Å². The molecule has 0 unspecified atom stereocenters. The summed E-state index contributed by atoms with van der Waals surface area (Å²) in [5, 5.41) is 3.21. The summed E-state index contributed by atoms with van der Waals surface area (Å²) in [6.45, 7) is 18.0. The highest BCUT2D eigenvalue weighted by atomic mass is 16.5. The minimum absolute atomic E-state index is 0.342. The second-order valence-corrected chi connectivity index (χ2v) is 4.03. The van der Waals surface area contributed by atoms with Crippen LogP contribution in [0.15, 0.2) is 48.5 Å². The molecule has 0 aliphatic rings. The number of aryl methyl sites for hydroxylation is 1. The second kappa shape index (κ2) is 20.8. The zero-order valence-electron chi connectivity index (χ0n) is 18.4. The Hall–Kier alpha value is -2.29. The number of benzene rings is 2. The van der Waals surface area contributed by atoms with E-state index in [0.717, 1.165) is 11.4 Å². The first-order valence-electron chi connectivity index (χ1n) is 9.72. The maximum atomic E-state index is 11.6. The smallest absolute Gasteiger partial charge is 0.339 e. The Kier molecular flexibility index (Phi) is 22.8. The third-order valence-corrected chi connectivity index (χ3v) is 2.66. The first kappa shape index (κ1) is 28.5. The van der Waals surface area contributed by atoms with Gasteiger partial charge >= 0.3 is 5.97 Å². The van der Waals surface area contributed by atoms with Crippen LogP contribution in [-0.4, -0.2) is 13.1 Å². The molecular weight excluding hydrogens is 322 g/mol. The van der Waals surface area contributed by atoms with E-state index < -0.39 is 0 Å². The number of anilines is 2. The molecule has 3 nitrogen and oxygen atoms in total. The maximum Gasteiger partial charge on any atom is 0.339 e. The molecule has 0 saturated heterocycles. The van der Waals surface area contributed by atoms with Gasteiger partial charge in [-0.3, -0.25) is 0 Å². The van der Waals surface area contributed by atoms with E-state index in [9.17, 15) is 4.79 Å². The van der Waals surface area contributed by atoms with Gasteiger partial charge in [0.1, 0.15) is 0 Å². The molecule has 26 heavy (non-hydrogen) atoms. The molecule has 1 N–H and O–H groups in total. The van der Waals surface area contributed by atoms with Gasteiger partial charge in [-0.05, 0) is 31.2 Å². The summed E-state index contributed by atoms with van der Waals surface area (Å²) in [7, 11) is 1.38. The summed E-state index contributed by atoms with van der Waals surface area (Å²) in [4.78, 5) is 11.6. The molecule has 0 fully saturated rings. The van der Waals surface area contributed by atoms with Crippen molar-refractivity contribution in [3.63, 3.8) is 0 Å². The van der Waals surface area contributed by atoms with E-state index in [1.54, 1.807) is 6.07 Å². The van der Waals surface area contributed by atoms with Gasteiger partial charge in [0.25, 0.3) is 0 Å². The Bertz CT molecular complexity index is 548. The number of para-hydroxylation sites is 1. The largest absolute Gasteiger partial charge is 0.465 e. The molecule has 0 spiro atoms. The number of carbonyl (C=O) groups excluding carboxylic acids is 1. The van der Waals surface area contributed by atoms with Crippen LogP contribution in [0.2, 0.25) is 0 Å². The summed E-state index contributed by atoms with van der Waals surface area (Å²) in [6, 6.07) is 15.3. The first-order chi connectivity index (χ1) is 12.7. The van der Waals surface area contributed by atoms with E-state index in [1.807, 2.05) is 105 Å². The zero-order chi connectivity index (χ0) is 21.0. The fraction of sp³-hybridized carbons (Fsp3) is 0.435. The Morgan fingerprint density at radius 3 is 1.69 bits per heavy atom. The molecule has 0 aliphatic heterocycles. The predicted molar refractivity (Wildman–Crippen MR) is 118 cm³/mol. The molecule has 0 aromatic heterocycles. The highest BCUT2D eigenvalue weighted by Gasteiger charge is 2.10. The molecule has 3 heteroatoms. The monoisotopic (exact) mass is 361 g/mol. The van der Waals surface area contributed by atoms with Crippen molar-refractivity contribution >= 4 is 17.3 Å². The first-order valence-corrected chi connectivity index (χ1v) is 9.72. The van der Waals surface area contributed by atoms with Gasteiger partial charge in [-0.1, -0.05) is 85.2 Å². The maximum absolute atomic E-state index is 11.6. The van der Waals surface area contributed by atoms with Crippen molar-refractivity contribution in [3.05, 3.63) is 59.7 Å². The van der Waals surface area contributed by atoms with E-state index >= 15 is 0 Å². The van der Waals surface area contributed by atoms with Crippen molar-refractivity contribution in [2.75, 3.05) is 12.4 Å². The summed E-state index contributed by atoms with van der Waals surface area (Å²) in [5.41, 5.74) is 3.41. The van der Waals surface area contributed by atoms with Gasteiger partial charge in [0.15, 0.2) is 0 Å². The summed E-state index contributed by atoms with van der Waals surface area (Å²) >= 11 is 0. The van der Waals surface area contributed by atoms with Crippen LogP contribution in [-0.2, 0) is 4.74 Å². The zero-order valence-corrected chi connectivity index (χ0v) is 18.4. The lowest BCUT2D eigenvalue weighted by molar-refractivity contribution is 0.0602. The quantitative estimate of drug-likeness (QED) is 0.571. The van der Waals surface area contributed by atoms with Gasteiger partial charge in [0.2, 0.25) is 0 Å². The van der Waals surface area contributed by atoms with Gasteiger partial charge in [-0.15, -0.1) is 0 Å². The van der Waals surface area contributed by atoms with Gasteiger partial charge in [-0.25, -0.2) is 4.79 Å². The van der Waals surface area contributed by atoms with Crippen molar-refractivity contribution in [2.45, 2.75) is 62.3 Å². The lowest BCUT2D eigenvalue weighted by atomic mass is 10.1. The van der Waals surface area contributed by atoms with Crippen molar-refractivity contribution < 1.29 is 9.53 Å². The van der Waals surface area contributed by atoms with Crippen LogP contribution < -0.4 is 5.32 Å². The van der Waals surface area contributed by atoms with Crippen LogP contribution in [0.5, 0.6) is 0 Å². The summed E-state index contributed by atoms with van der Waals surface area (Å²) in [5.74, 6) is -0.342. The molecule has 0 heterocycles. The predicted octanol–water partition coefficient (Wildman–Crippen LogP) is 7.63. The van der Waals surface area contributed by atoms with Gasteiger partial charge < -0.3 is 10.1 Å². The van der Waals surface area contributed by atoms with Crippen LogP contribution in [0.4, 0.5) is 11.4 Å². The van der Waals surface area contributed by atoms with Gasteiger partial charge in [0, 0.05) is 5.69 Å². The number of carbonyl (C=O) groups is 1. The van der Waals surface area contributed by atoms with Crippen molar-refractivity contribution in [1.29, 1.82) is 0 Å². The number of hydrogen-bond acceptors (Lipinski definition) is 3. The molecule has 0 radical (unpaired) electrons. The second-order valence-electron chi connectivity index (χ2n) is 4.03. The molecule has 0 amide bonds. The van der Waals surface area contributed by atoms with Gasteiger partial charge in [-0.2, -0.15) is 0 Å². The molecule has 0 aliphatic carbocycles. The van der Waals surface area contributed by atoms with E-state index in [-0.39, 0.29) is 5.97 Å². The Labute approximate surface area is 161 Å². The molecular formula is C23H39NO2. The third kappa shape index (κ3) is 11.3. The average Bonchev–Trinajstić information content (AvgIpc) is 2.75. The number of methoxy groups -OCH3 is 1. The van der Waals surface area contributed by atoms with Crippen LogP contribution in [0.25, 0.3) is 0 Å². The highest BCUT2D eigenvalue weighted by molar-refractivity contribution is 5.96. The molecule has 148 valence electrons. The Balaban J connectivity index is -0.000000585. The van der Waals surface area contributed by atoms with E-state index in [0.29, 0.717) is 5.56 Å². The van der Waals surface area contributed by atoms with Crippen LogP contribution in [0, 0.1) is 6.92 Å². The fourth-order valence-corrected chi connectivity index (χ4v) is 1.67. The van der Waals surface area contributed by atoms with Crippen LogP contribution >= 0.6 is 0 Å². The topological polar surface area (TPSA) is 38.3 Å². The summed E-state index contributed by atoms with van der Waals surface area (Å²) < 4.78 is 4.75. The highest BCUT2D eigenvalue weighted by Crippen LogP contribution is 2.21. The van der Waals surface area contributed by atoms with Crippen LogP contribution in [0.1, 0.15) is 71.3 Å². The van der Waals surface area contributed by atoms with Crippen LogP contribution in [0.3, 0.4) is 0 Å². The van der Waals surface area contributed by atoms with Crippen molar-refractivity contribution in [2.24, 2.45) is 0 Å². The average molecular weight is 362 g/mol. The minimum Gasteiger partial charge on any atom is -0.465 e. The number of nitrogens with one attached hydrogen (secondary N) is 1. The number of esters is 1. The number of hydrogen-bond donors (Lipinski definition) is 1. The van der Waals surface area contributed by atoms with E-state index in [2.05, 4.69) is 5.32 Å². The standard InChI is InChI=1S/C15H15NO2.4C2H6/c1-11-7-9-12(10-8-11)16-14-6-4-3-5-13(14)15(17)18-2;4*1-2/h3-10,16H,1-2H3;4*1-2H3. The SMILES string of the molecule is CC.CC.CC.CC.COC(=O)c1ccccc1Nc1ccc(C)cc1. The normalized spacial score (nSPS) is 7.77. The van der Waals surface area contributed by atoms with Crippen molar-refractivity contribution in [3.8, 4) is 0 Å². The number of ether oxygens (including phenoxy) is 1. The Morgan fingerprint density at radius 2 is 1.23 bits per heavy atom. The lowest BCUT2D eigenvalue weighted by Crippen LogP contribution is -2.05. The molecule has 2 aromatic carbocycles. The molecule has 0 atom stereocenters. The fourth-order valence-electron chi connectivity index (χ4n) is 1.67. The lowest BCUT2D eigenvalue weighted by Gasteiger charge is -2.10. The minimum atomic E-state index is -0.342. The number of rotatable bonds is 3. The van der Waals surface area contributed by atoms with E-state index in [4.69, 9.17) is 4.74 Å². The third-order valence-electron chi connectivity index (χ3n) is 2.66. The molecule has 2 rings (SSSR count).